The highest BCUT2D eigenvalue weighted by Crippen LogP contribution is 2.44. The Kier molecular flexibility index (Phi) is 13.8. The van der Waals surface area contributed by atoms with Gasteiger partial charge in [-0.1, -0.05) is 30.2 Å². The first-order chi connectivity index (χ1) is 39.9. The number of rotatable bonds is 11. The predicted molar refractivity (Wildman–Crippen MR) is 306 cm³/mol. The number of pyridine rings is 1. The van der Waals surface area contributed by atoms with Crippen molar-refractivity contribution in [1.82, 2.24) is 49.0 Å². The molecule has 20 nitrogen and oxygen atoms in total. The topological polar surface area (TPSA) is 193 Å². The number of fused-ring (bicyclic) bond motifs is 6. The van der Waals surface area contributed by atoms with E-state index in [1.165, 1.54) is 10.6 Å². The van der Waals surface area contributed by atoms with Crippen molar-refractivity contribution >= 4 is 68.2 Å². The SMILES string of the molecule is C#Cc1c(F)ccc2cccc(-c3ncc4c(N5CC6CCC(C5)N6C(=O)OC(C)(C)C)nc(OCC56CCCN5[C@H](COC(=O)N5CC(CN7CCN(c8ccc9c(c8)n(C)c(=O)n9C8CCC(=O)NC8=O)CC7)C5)CC6)nc4c3F)c12. The van der Waals surface area contributed by atoms with Crippen molar-refractivity contribution in [2.45, 2.75) is 107 Å². The lowest BCUT2D eigenvalue weighted by atomic mass is 9.95. The fourth-order valence-corrected chi connectivity index (χ4v) is 14.3. The largest absolute Gasteiger partial charge is 0.461 e. The van der Waals surface area contributed by atoms with Crippen LogP contribution in [0.1, 0.15) is 83.7 Å². The molecule has 4 amide bonds. The Morgan fingerprint density at radius 2 is 1.66 bits per heavy atom. The van der Waals surface area contributed by atoms with Gasteiger partial charge >= 0.3 is 23.9 Å². The molecule has 434 valence electrons. The highest BCUT2D eigenvalue weighted by molar-refractivity contribution is 6.02. The maximum Gasteiger partial charge on any atom is 0.410 e. The second-order valence-corrected chi connectivity index (χ2v) is 24.7. The number of terminal acetylenes is 1. The van der Waals surface area contributed by atoms with E-state index in [1.807, 2.05) is 43.9 Å². The highest BCUT2D eigenvalue weighted by atomic mass is 19.1. The van der Waals surface area contributed by atoms with Gasteiger partial charge in [0, 0.05) is 107 Å². The van der Waals surface area contributed by atoms with Crippen LogP contribution in [0.2, 0.25) is 0 Å². The molecule has 0 spiro atoms. The zero-order chi connectivity index (χ0) is 57.6. The molecule has 13 rings (SSSR count). The summed E-state index contributed by atoms with van der Waals surface area (Å²) in [7, 11) is 1.71. The maximum absolute atomic E-state index is 17.5. The quantitative estimate of drug-likeness (QED) is 0.108. The predicted octanol–water partition coefficient (Wildman–Crippen LogP) is 6.59. The highest BCUT2D eigenvalue weighted by Gasteiger charge is 2.51. The minimum absolute atomic E-state index is 0.00323. The number of nitrogens with zero attached hydrogens (tertiary/aromatic N) is 11. The van der Waals surface area contributed by atoms with Crippen LogP contribution in [-0.4, -0.2) is 176 Å². The van der Waals surface area contributed by atoms with Crippen LogP contribution in [0.3, 0.4) is 0 Å². The molecule has 0 saturated carbocycles. The van der Waals surface area contributed by atoms with E-state index < -0.39 is 29.2 Å². The van der Waals surface area contributed by atoms with Crippen molar-refractivity contribution in [2.24, 2.45) is 13.0 Å². The molecule has 2 bridgehead atoms. The molecule has 1 N–H and O–H groups in total. The Morgan fingerprint density at radius 1 is 0.880 bits per heavy atom. The van der Waals surface area contributed by atoms with Crippen LogP contribution in [0.5, 0.6) is 6.01 Å². The monoisotopic (exact) mass is 1130 g/mol. The third kappa shape index (κ3) is 9.82. The van der Waals surface area contributed by atoms with E-state index >= 15 is 8.78 Å². The molecule has 0 aliphatic carbocycles. The Balaban J connectivity index is 0.650. The minimum Gasteiger partial charge on any atom is -0.461 e. The molecule has 4 unspecified atom stereocenters. The van der Waals surface area contributed by atoms with Crippen molar-refractivity contribution in [3.8, 4) is 29.6 Å². The zero-order valence-electron chi connectivity index (χ0n) is 47.2. The molecule has 7 aliphatic rings. The average Bonchev–Trinajstić information content (AvgIpc) is 4.25. The van der Waals surface area contributed by atoms with Crippen molar-refractivity contribution in [3.63, 3.8) is 0 Å². The molecule has 7 aliphatic heterocycles. The number of piperazine rings is 2. The number of imide groups is 1. The molecule has 5 atom stereocenters. The number of aromatic nitrogens is 5. The van der Waals surface area contributed by atoms with Gasteiger partial charge in [0.1, 0.15) is 47.7 Å². The molecule has 7 saturated heterocycles. The van der Waals surface area contributed by atoms with Gasteiger partial charge in [-0.15, -0.1) is 6.42 Å². The first-order valence-electron chi connectivity index (χ1n) is 29.1. The Bertz CT molecular complexity index is 3720. The van der Waals surface area contributed by atoms with Crippen LogP contribution in [0.15, 0.2) is 59.5 Å². The molecule has 3 aromatic heterocycles. The second kappa shape index (κ2) is 21.1. The van der Waals surface area contributed by atoms with Crippen LogP contribution < -0.4 is 25.5 Å². The number of halogens is 2. The van der Waals surface area contributed by atoms with E-state index in [1.54, 1.807) is 47.0 Å². The van der Waals surface area contributed by atoms with Gasteiger partial charge in [0.05, 0.1) is 39.6 Å². The Hall–Kier alpha value is -7.90. The van der Waals surface area contributed by atoms with E-state index in [9.17, 15) is 24.0 Å². The van der Waals surface area contributed by atoms with E-state index in [-0.39, 0.29) is 96.3 Å². The Labute approximate surface area is 478 Å². The maximum atomic E-state index is 17.5. The summed E-state index contributed by atoms with van der Waals surface area (Å²) >= 11 is 0. The van der Waals surface area contributed by atoms with Crippen molar-refractivity contribution in [1.29, 1.82) is 0 Å². The van der Waals surface area contributed by atoms with Gasteiger partial charge in [0.2, 0.25) is 11.8 Å². The molecule has 6 aromatic rings. The van der Waals surface area contributed by atoms with Gasteiger partial charge < -0.3 is 28.9 Å². The second-order valence-electron chi connectivity index (χ2n) is 24.7. The van der Waals surface area contributed by atoms with E-state index in [4.69, 9.17) is 30.6 Å². The van der Waals surface area contributed by atoms with Crippen molar-refractivity contribution in [3.05, 3.63) is 82.4 Å². The average molecular weight is 1140 g/mol. The number of hydrogen-bond donors (Lipinski definition) is 1. The van der Waals surface area contributed by atoms with E-state index in [2.05, 4.69) is 35.8 Å². The van der Waals surface area contributed by atoms with Crippen LogP contribution in [0.4, 0.5) is 29.9 Å². The lowest BCUT2D eigenvalue weighted by Crippen LogP contribution is -2.57. The number of benzene rings is 3. The Morgan fingerprint density at radius 3 is 2.41 bits per heavy atom. The summed E-state index contributed by atoms with van der Waals surface area (Å²) < 4.78 is 54.2. The summed E-state index contributed by atoms with van der Waals surface area (Å²) in [5.74, 6) is 1.12. The van der Waals surface area contributed by atoms with Gasteiger partial charge in [0.15, 0.2) is 5.82 Å². The lowest BCUT2D eigenvalue weighted by molar-refractivity contribution is -0.135. The number of nitrogens with one attached hydrogen (secondary N) is 1. The number of piperidine rings is 1. The van der Waals surface area contributed by atoms with Crippen molar-refractivity contribution < 1.29 is 42.2 Å². The summed E-state index contributed by atoms with van der Waals surface area (Å²) in [5.41, 5.74) is 1.34. The van der Waals surface area contributed by atoms with Gasteiger partial charge in [-0.2, -0.15) is 9.97 Å². The zero-order valence-corrected chi connectivity index (χ0v) is 47.2. The number of likely N-dealkylation sites (tertiary alicyclic amines) is 1. The van der Waals surface area contributed by atoms with E-state index in [0.29, 0.717) is 65.2 Å². The number of carbonyl (C=O) groups excluding carboxylic acids is 4. The van der Waals surface area contributed by atoms with Gasteiger partial charge in [-0.25, -0.2) is 23.2 Å². The minimum atomic E-state index is -0.733. The fraction of sp³-hybridized carbons (Fsp3) is 0.508. The smallest absolute Gasteiger partial charge is 0.410 e. The third-order valence-electron chi connectivity index (χ3n) is 18.4. The summed E-state index contributed by atoms with van der Waals surface area (Å²) in [6.07, 6.45) is 12.1. The fourth-order valence-electron chi connectivity index (χ4n) is 14.3. The van der Waals surface area contributed by atoms with Gasteiger partial charge in [-0.3, -0.25) is 43.7 Å². The summed E-state index contributed by atoms with van der Waals surface area (Å²) in [6, 6.07) is 12.9. The number of anilines is 2. The van der Waals surface area contributed by atoms with Crippen molar-refractivity contribution in [2.75, 3.05) is 88.5 Å². The van der Waals surface area contributed by atoms with Crippen LogP contribution in [0.25, 0.3) is 44.0 Å². The number of ether oxygens (including phenoxy) is 3. The van der Waals surface area contributed by atoms with Crippen LogP contribution >= 0.6 is 0 Å². The van der Waals surface area contributed by atoms with E-state index in [0.717, 1.165) is 89.0 Å². The van der Waals surface area contributed by atoms with Crippen LogP contribution in [-0.2, 0) is 26.1 Å². The first-order valence-corrected chi connectivity index (χ1v) is 29.1. The molecule has 10 heterocycles. The molecule has 0 radical (unpaired) electrons. The normalized spacial score (nSPS) is 24.2. The molecule has 3 aromatic carbocycles. The van der Waals surface area contributed by atoms with Gasteiger partial charge in [-0.05, 0) is 102 Å². The van der Waals surface area contributed by atoms with Crippen LogP contribution in [0, 0.1) is 29.9 Å². The summed E-state index contributed by atoms with van der Waals surface area (Å²) in [4.78, 5) is 92.1. The molecule has 83 heavy (non-hydrogen) atoms. The third-order valence-corrected chi connectivity index (χ3v) is 18.4. The molecular formula is C61H68F2N12O8. The summed E-state index contributed by atoms with van der Waals surface area (Å²) in [6.45, 7) is 13.1. The summed E-state index contributed by atoms with van der Waals surface area (Å²) in [5, 5.41) is 3.74. The molecule has 7 fully saturated rings. The van der Waals surface area contributed by atoms with Gasteiger partial charge in [0.25, 0.3) is 0 Å². The molecular weight excluding hydrogens is 1070 g/mol. The number of amides is 4. The number of carbonyl (C=O) groups is 4. The number of aryl methyl sites for hydroxylation is 1. The number of hydrogen-bond acceptors (Lipinski definition) is 15. The standard InChI is InChI=1S/C61H68F2N12O8/c1-6-42-45(62)15-11-37-9-7-10-43(50(37)42)52-51(63)53-44(28-64-52)54(71-32-39-12-13-40(33-71)74(39)59(80)83-60(2,3)4)67-56(66-53)82-35-61-20-8-22-73(61)41(19-21-61)34-81-58(79)72-30-36(31-72)29-69-23-25-70(26-24-69)38-14-16-46-48(27-38)68(5)57(78)75(46)47-17-18-49(76)65-55(47)77/h1,7,9-11,14-16,27-28,36,39-41,47H,8,12-13,17-26,29-35H2,2-5H3,(H,65,76,77)/t39?,40?,41-,47?,61?/m0/s1. The number of imidazole rings is 1. The molecule has 22 heteroatoms. The lowest BCUT2D eigenvalue weighted by Gasteiger charge is -2.43. The first kappa shape index (κ1) is 54.4.